The third-order valence-electron chi connectivity index (χ3n) is 3.36. The number of carbonyl (C=O) groups is 1. The lowest BCUT2D eigenvalue weighted by molar-refractivity contribution is 0.0696. The second-order valence-electron chi connectivity index (χ2n) is 4.75. The lowest BCUT2D eigenvalue weighted by atomic mass is 10.2. The lowest BCUT2D eigenvalue weighted by Gasteiger charge is -2.07. The van der Waals surface area contributed by atoms with Gasteiger partial charge in [0.05, 0.1) is 12.7 Å². The Hall–Kier alpha value is -3.40. The van der Waals surface area contributed by atoms with Gasteiger partial charge in [-0.25, -0.2) is 21.3 Å². The van der Waals surface area contributed by atoms with Crippen molar-refractivity contribution >= 4 is 17.1 Å². The summed E-state index contributed by atoms with van der Waals surface area (Å²) in [6, 6.07) is 8.72. The number of fused-ring (bicyclic) bond motifs is 1. The van der Waals surface area contributed by atoms with Gasteiger partial charge in [0.15, 0.2) is 11.5 Å². The van der Waals surface area contributed by atoms with Gasteiger partial charge >= 0.3 is 5.97 Å². The molecule has 0 aliphatic carbocycles. The summed E-state index contributed by atoms with van der Waals surface area (Å²) in [5.41, 5.74) is 1.80. The molecular weight excluding hydrogens is 296 g/mol. The van der Waals surface area contributed by atoms with Crippen molar-refractivity contribution in [2.45, 2.75) is 6.54 Å². The molecule has 1 aromatic carbocycles. The maximum Gasteiger partial charge on any atom is 0.337 e. The number of imidazole rings is 1. The van der Waals surface area contributed by atoms with E-state index < -0.39 is 5.97 Å². The van der Waals surface area contributed by atoms with Crippen LogP contribution < -0.4 is 4.74 Å². The molecule has 0 unspecified atom stereocenters. The maximum atomic E-state index is 11.1. The van der Waals surface area contributed by atoms with Crippen molar-refractivity contribution in [2.75, 3.05) is 7.11 Å². The predicted octanol–water partition coefficient (Wildman–Crippen LogP) is 2.55. The Labute approximate surface area is 131 Å². The quantitative estimate of drug-likeness (QED) is 0.749. The van der Waals surface area contributed by atoms with E-state index in [0.29, 0.717) is 22.7 Å². The monoisotopic (exact) mass is 308 g/mol. The average Bonchev–Trinajstić information content (AvgIpc) is 2.92. The van der Waals surface area contributed by atoms with Gasteiger partial charge in [0.2, 0.25) is 0 Å². The van der Waals surface area contributed by atoms with Gasteiger partial charge in [0, 0.05) is 11.9 Å². The SMILES string of the molecule is [C-]#[N+]Cc1nc2cc(C(=O)O)cnc2n1-c1ccc(OC)cc1. The number of carboxylic acids is 1. The first-order chi connectivity index (χ1) is 11.1. The van der Waals surface area contributed by atoms with Crippen LogP contribution in [0.3, 0.4) is 0 Å². The molecular formula is C16H12N4O3. The fourth-order valence-electron chi connectivity index (χ4n) is 2.31. The standard InChI is InChI=1S/C16H12N4O3/c1-17-9-14-19-13-7-10(16(21)22)8-18-15(13)20(14)11-3-5-12(23-2)6-4-11/h3-8H,9H2,2H3,(H,21,22). The minimum absolute atomic E-state index is 0.0613. The Morgan fingerprint density at radius 1 is 1.39 bits per heavy atom. The number of hydrogen-bond acceptors (Lipinski definition) is 4. The van der Waals surface area contributed by atoms with Crippen LogP contribution in [0.2, 0.25) is 0 Å². The zero-order valence-electron chi connectivity index (χ0n) is 12.2. The number of pyridine rings is 1. The minimum atomic E-state index is -1.06. The molecule has 0 aliphatic rings. The van der Waals surface area contributed by atoms with Crippen molar-refractivity contribution in [1.29, 1.82) is 0 Å². The van der Waals surface area contributed by atoms with Crippen LogP contribution in [0.1, 0.15) is 16.2 Å². The molecule has 0 saturated carbocycles. The first-order valence-electron chi connectivity index (χ1n) is 6.72. The number of hydrogen-bond donors (Lipinski definition) is 1. The molecule has 3 aromatic rings. The molecule has 114 valence electrons. The smallest absolute Gasteiger partial charge is 0.337 e. The molecule has 0 saturated heterocycles. The molecule has 0 amide bonds. The summed E-state index contributed by atoms with van der Waals surface area (Å²) in [5.74, 6) is 0.159. The number of rotatable bonds is 4. The number of nitrogens with zero attached hydrogens (tertiary/aromatic N) is 4. The Kier molecular flexibility index (Phi) is 3.65. The summed E-state index contributed by atoms with van der Waals surface area (Å²) in [6.45, 7) is 7.16. The third-order valence-corrected chi connectivity index (χ3v) is 3.36. The van der Waals surface area contributed by atoms with Gasteiger partial charge in [-0.05, 0) is 30.3 Å². The van der Waals surface area contributed by atoms with Gasteiger partial charge in [-0.2, -0.15) is 0 Å². The van der Waals surface area contributed by atoms with E-state index in [1.165, 1.54) is 12.3 Å². The second kappa shape index (κ2) is 5.77. The zero-order chi connectivity index (χ0) is 16.4. The van der Waals surface area contributed by atoms with Crippen molar-refractivity contribution in [3.8, 4) is 11.4 Å². The highest BCUT2D eigenvalue weighted by atomic mass is 16.5. The summed E-state index contributed by atoms with van der Waals surface area (Å²) in [4.78, 5) is 23.0. The van der Waals surface area contributed by atoms with Crippen LogP contribution in [0, 0.1) is 6.57 Å². The molecule has 0 spiro atoms. The predicted molar refractivity (Wildman–Crippen MR) is 82.7 cm³/mol. The number of benzene rings is 1. The molecule has 7 nitrogen and oxygen atoms in total. The first-order valence-corrected chi connectivity index (χ1v) is 6.72. The van der Waals surface area contributed by atoms with Crippen LogP contribution in [0.4, 0.5) is 0 Å². The second-order valence-corrected chi connectivity index (χ2v) is 4.75. The van der Waals surface area contributed by atoms with Crippen molar-refractivity contribution in [2.24, 2.45) is 0 Å². The fourth-order valence-corrected chi connectivity index (χ4v) is 2.31. The summed E-state index contributed by atoms with van der Waals surface area (Å²) >= 11 is 0. The third kappa shape index (κ3) is 2.58. The molecule has 2 aromatic heterocycles. The van der Waals surface area contributed by atoms with E-state index in [4.69, 9.17) is 16.4 Å². The number of ether oxygens (including phenoxy) is 1. The Bertz CT molecular complexity index is 923. The van der Waals surface area contributed by atoms with Crippen LogP contribution in [-0.2, 0) is 6.54 Å². The molecule has 0 aliphatic heterocycles. The Morgan fingerprint density at radius 3 is 2.74 bits per heavy atom. The Balaban J connectivity index is 2.22. The minimum Gasteiger partial charge on any atom is -0.497 e. The van der Waals surface area contributed by atoms with E-state index >= 15 is 0 Å². The molecule has 7 heteroatoms. The van der Waals surface area contributed by atoms with Crippen molar-refractivity contribution < 1.29 is 14.6 Å². The number of methoxy groups -OCH3 is 1. The highest BCUT2D eigenvalue weighted by molar-refractivity contribution is 5.91. The van der Waals surface area contributed by atoms with Crippen molar-refractivity contribution in [3.63, 3.8) is 0 Å². The summed E-state index contributed by atoms with van der Waals surface area (Å²) in [6.07, 6.45) is 1.29. The highest BCUT2D eigenvalue weighted by Gasteiger charge is 2.17. The van der Waals surface area contributed by atoms with Gasteiger partial charge in [0.1, 0.15) is 11.3 Å². The fraction of sp³-hybridized carbons (Fsp3) is 0.125. The normalized spacial score (nSPS) is 10.4. The van der Waals surface area contributed by atoms with E-state index in [2.05, 4.69) is 14.8 Å². The van der Waals surface area contributed by atoms with Gasteiger partial charge in [0.25, 0.3) is 6.54 Å². The van der Waals surface area contributed by atoms with Crippen LogP contribution >= 0.6 is 0 Å². The number of carboxylic acid groups (broad SMARTS) is 1. The molecule has 0 fully saturated rings. The van der Waals surface area contributed by atoms with Gasteiger partial charge in [-0.1, -0.05) is 0 Å². The maximum absolute atomic E-state index is 11.1. The van der Waals surface area contributed by atoms with Crippen LogP contribution in [0.15, 0.2) is 36.5 Å². The van der Waals surface area contributed by atoms with Gasteiger partial charge in [-0.15, -0.1) is 0 Å². The molecule has 0 atom stereocenters. The van der Waals surface area contributed by atoms with E-state index in [-0.39, 0.29) is 12.1 Å². The first kappa shape index (κ1) is 14.5. The topological polar surface area (TPSA) is 81.6 Å². The van der Waals surface area contributed by atoms with E-state index in [0.717, 1.165) is 5.69 Å². The molecule has 2 heterocycles. The van der Waals surface area contributed by atoms with Crippen molar-refractivity contribution in [3.05, 3.63) is 59.3 Å². The molecule has 23 heavy (non-hydrogen) atoms. The van der Waals surface area contributed by atoms with Crippen molar-refractivity contribution in [1.82, 2.24) is 14.5 Å². The summed E-state index contributed by atoms with van der Waals surface area (Å²) < 4.78 is 6.89. The zero-order valence-corrected chi connectivity index (χ0v) is 12.2. The Morgan fingerprint density at radius 2 is 2.13 bits per heavy atom. The molecule has 0 radical (unpaired) electrons. The number of aromatic carboxylic acids is 1. The lowest BCUT2D eigenvalue weighted by Crippen LogP contribution is -2.02. The van der Waals surface area contributed by atoms with E-state index in [1.54, 1.807) is 23.8 Å². The number of aromatic nitrogens is 3. The van der Waals surface area contributed by atoms with Gasteiger partial charge < -0.3 is 14.7 Å². The van der Waals surface area contributed by atoms with E-state index in [9.17, 15) is 4.79 Å². The summed E-state index contributed by atoms with van der Waals surface area (Å²) in [7, 11) is 1.58. The van der Waals surface area contributed by atoms with Crippen LogP contribution in [0.5, 0.6) is 5.75 Å². The van der Waals surface area contributed by atoms with E-state index in [1.807, 2.05) is 12.1 Å². The average molecular weight is 308 g/mol. The highest BCUT2D eigenvalue weighted by Crippen LogP contribution is 2.23. The van der Waals surface area contributed by atoms with Crippen LogP contribution in [-0.4, -0.2) is 32.7 Å². The van der Waals surface area contributed by atoms with Gasteiger partial charge in [-0.3, -0.25) is 4.57 Å². The summed E-state index contributed by atoms with van der Waals surface area (Å²) in [5, 5.41) is 9.06. The van der Waals surface area contributed by atoms with Crippen LogP contribution in [0.25, 0.3) is 21.7 Å². The molecule has 1 N–H and O–H groups in total. The largest absolute Gasteiger partial charge is 0.497 e. The molecule has 0 bridgehead atoms. The molecule has 3 rings (SSSR count).